The van der Waals surface area contributed by atoms with E-state index in [-0.39, 0.29) is 18.0 Å². The van der Waals surface area contributed by atoms with Crippen LogP contribution in [0.25, 0.3) is 10.8 Å². The smallest absolute Gasteiger partial charge is 0.303 e. The van der Waals surface area contributed by atoms with Crippen LogP contribution in [0.4, 0.5) is 17.1 Å². The molecule has 0 saturated heterocycles. The van der Waals surface area contributed by atoms with Gasteiger partial charge in [0, 0.05) is 11.6 Å². The lowest BCUT2D eigenvalue weighted by molar-refractivity contribution is -0.393. The van der Waals surface area contributed by atoms with E-state index in [9.17, 15) is 25.3 Å². The molecule has 3 aromatic rings. The lowest BCUT2D eigenvalue weighted by Crippen LogP contribution is -1.92. The summed E-state index contributed by atoms with van der Waals surface area (Å²) >= 11 is 0. The molecule has 0 radical (unpaired) electrons. The molecule has 0 saturated carbocycles. The highest BCUT2D eigenvalue weighted by Gasteiger charge is 2.19. The third-order valence-corrected chi connectivity index (χ3v) is 3.79. The van der Waals surface area contributed by atoms with Crippen LogP contribution < -0.4 is 0 Å². The standard InChI is InChI=1S/C17H12N4O5/c22-17-8-5-11-3-1-2-4-13(11)14(17)10-18-19-15-7-6-12(20(23)24)9-16(15)21(25)26/h1-9,22H,10H2. The first kappa shape index (κ1) is 17.0. The fraction of sp³-hybridized carbons (Fsp3) is 0.0588. The lowest BCUT2D eigenvalue weighted by Gasteiger charge is -2.06. The molecule has 0 bridgehead atoms. The van der Waals surface area contributed by atoms with Gasteiger partial charge < -0.3 is 5.11 Å². The molecule has 0 fully saturated rings. The summed E-state index contributed by atoms with van der Waals surface area (Å²) in [6, 6.07) is 13.8. The van der Waals surface area contributed by atoms with Crippen LogP contribution in [0.1, 0.15) is 5.56 Å². The average molecular weight is 352 g/mol. The van der Waals surface area contributed by atoms with Gasteiger partial charge in [0.15, 0.2) is 5.69 Å². The molecule has 26 heavy (non-hydrogen) atoms. The molecule has 0 aliphatic heterocycles. The molecular formula is C17H12N4O5. The molecule has 9 nitrogen and oxygen atoms in total. The highest BCUT2D eigenvalue weighted by atomic mass is 16.6. The summed E-state index contributed by atoms with van der Waals surface area (Å²) in [4.78, 5) is 20.4. The van der Waals surface area contributed by atoms with Gasteiger partial charge in [-0.25, -0.2) is 0 Å². The Bertz CT molecular complexity index is 1050. The molecule has 3 rings (SSSR count). The molecule has 0 spiro atoms. The number of aromatic hydroxyl groups is 1. The average Bonchev–Trinajstić information content (AvgIpc) is 2.63. The highest BCUT2D eigenvalue weighted by molar-refractivity contribution is 5.87. The summed E-state index contributed by atoms with van der Waals surface area (Å²) in [6.45, 7) is 0.00132. The predicted molar refractivity (Wildman–Crippen MR) is 93.6 cm³/mol. The zero-order chi connectivity index (χ0) is 18.7. The predicted octanol–water partition coefficient (Wildman–Crippen LogP) is 4.65. The van der Waals surface area contributed by atoms with Crippen molar-refractivity contribution in [1.29, 1.82) is 0 Å². The molecule has 0 heterocycles. The summed E-state index contributed by atoms with van der Waals surface area (Å²) in [6.07, 6.45) is 0. The van der Waals surface area contributed by atoms with E-state index in [4.69, 9.17) is 0 Å². The van der Waals surface area contributed by atoms with Crippen LogP contribution in [0.2, 0.25) is 0 Å². The SMILES string of the molecule is O=[N+]([O-])c1ccc(N=NCc2c(O)ccc3ccccc23)c([N+](=O)[O-])c1. The van der Waals surface area contributed by atoms with Gasteiger partial charge in [-0.05, 0) is 22.9 Å². The quantitative estimate of drug-likeness (QED) is 0.406. The van der Waals surface area contributed by atoms with Gasteiger partial charge in [-0.15, -0.1) is 5.11 Å². The molecule has 0 atom stereocenters. The zero-order valence-corrected chi connectivity index (χ0v) is 13.3. The monoisotopic (exact) mass is 352 g/mol. The van der Waals surface area contributed by atoms with Crippen molar-refractivity contribution in [3.8, 4) is 5.75 Å². The number of fused-ring (bicyclic) bond motifs is 1. The Morgan fingerprint density at radius 1 is 0.962 bits per heavy atom. The van der Waals surface area contributed by atoms with Crippen LogP contribution in [-0.4, -0.2) is 15.0 Å². The van der Waals surface area contributed by atoms with Crippen molar-refractivity contribution in [2.75, 3.05) is 0 Å². The molecular weight excluding hydrogens is 340 g/mol. The van der Waals surface area contributed by atoms with E-state index in [1.165, 1.54) is 6.07 Å². The molecule has 9 heteroatoms. The maximum absolute atomic E-state index is 11.1. The number of hydrogen-bond donors (Lipinski definition) is 1. The molecule has 130 valence electrons. The second kappa shape index (κ2) is 6.93. The molecule has 0 aliphatic carbocycles. The number of hydrogen-bond acceptors (Lipinski definition) is 7. The van der Waals surface area contributed by atoms with E-state index in [0.717, 1.165) is 22.9 Å². The van der Waals surface area contributed by atoms with Crippen molar-refractivity contribution < 1.29 is 15.0 Å². The van der Waals surface area contributed by atoms with E-state index >= 15 is 0 Å². The van der Waals surface area contributed by atoms with Crippen LogP contribution in [0.5, 0.6) is 5.75 Å². The van der Waals surface area contributed by atoms with Crippen LogP contribution in [0, 0.1) is 20.2 Å². The fourth-order valence-corrected chi connectivity index (χ4v) is 2.53. The Morgan fingerprint density at radius 3 is 2.46 bits per heavy atom. The molecule has 0 amide bonds. The maximum Gasteiger partial charge on any atom is 0.303 e. The van der Waals surface area contributed by atoms with Gasteiger partial charge in [0.1, 0.15) is 5.75 Å². The molecule has 0 unspecified atom stereocenters. The summed E-state index contributed by atoms with van der Waals surface area (Å²) in [5.74, 6) is 0.0425. The third-order valence-electron chi connectivity index (χ3n) is 3.79. The van der Waals surface area contributed by atoms with Gasteiger partial charge >= 0.3 is 5.69 Å². The van der Waals surface area contributed by atoms with Gasteiger partial charge in [-0.2, -0.15) is 5.11 Å². The van der Waals surface area contributed by atoms with E-state index in [0.29, 0.717) is 5.56 Å². The Kier molecular flexibility index (Phi) is 4.52. The highest BCUT2D eigenvalue weighted by Crippen LogP contribution is 2.32. The number of nitrogens with zero attached hydrogens (tertiary/aromatic N) is 4. The van der Waals surface area contributed by atoms with E-state index in [2.05, 4.69) is 10.2 Å². The van der Waals surface area contributed by atoms with Crippen molar-refractivity contribution in [3.05, 3.63) is 80.4 Å². The zero-order valence-electron chi connectivity index (χ0n) is 13.3. The Hall–Kier alpha value is -3.88. The van der Waals surface area contributed by atoms with Gasteiger partial charge in [-0.3, -0.25) is 20.2 Å². The third kappa shape index (κ3) is 3.31. The largest absolute Gasteiger partial charge is 0.508 e. The summed E-state index contributed by atoms with van der Waals surface area (Å²) < 4.78 is 0. The summed E-state index contributed by atoms with van der Waals surface area (Å²) in [5, 5.41) is 41.4. The Morgan fingerprint density at radius 2 is 1.73 bits per heavy atom. The minimum Gasteiger partial charge on any atom is -0.508 e. The summed E-state index contributed by atoms with van der Waals surface area (Å²) in [7, 11) is 0. The van der Waals surface area contributed by atoms with Crippen LogP contribution in [-0.2, 0) is 6.54 Å². The summed E-state index contributed by atoms with van der Waals surface area (Å²) in [5.41, 5.74) is -0.468. The number of non-ortho nitro benzene ring substituents is 1. The molecule has 0 aliphatic rings. The van der Waals surface area contributed by atoms with Crippen LogP contribution in [0.15, 0.2) is 64.8 Å². The van der Waals surface area contributed by atoms with Gasteiger partial charge in [0.05, 0.1) is 22.5 Å². The van der Waals surface area contributed by atoms with Crippen molar-refractivity contribution in [3.63, 3.8) is 0 Å². The van der Waals surface area contributed by atoms with E-state index < -0.39 is 21.2 Å². The molecule has 1 N–H and O–H groups in total. The number of benzene rings is 3. The second-order valence-corrected chi connectivity index (χ2v) is 5.37. The lowest BCUT2D eigenvalue weighted by atomic mass is 10.0. The first-order valence-electron chi connectivity index (χ1n) is 7.47. The topological polar surface area (TPSA) is 131 Å². The van der Waals surface area contributed by atoms with E-state index in [1.54, 1.807) is 12.1 Å². The number of nitro groups is 2. The minimum atomic E-state index is -0.753. The Balaban J connectivity index is 1.94. The van der Waals surface area contributed by atoms with Crippen LogP contribution >= 0.6 is 0 Å². The second-order valence-electron chi connectivity index (χ2n) is 5.37. The normalized spacial score (nSPS) is 11.1. The Labute approximate surface area is 146 Å². The van der Waals surface area contributed by atoms with Crippen LogP contribution in [0.3, 0.4) is 0 Å². The van der Waals surface area contributed by atoms with Gasteiger partial charge in [0.2, 0.25) is 0 Å². The van der Waals surface area contributed by atoms with Crippen molar-refractivity contribution >= 4 is 27.8 Å². The van der Waals surface area contributed by atoms with Gasteiger partial charge in [-0.1, -0.05) is 30.3 Å². The first-order chi connectivity index (χ1) is 12.5. The van der Waals surface area contributed by atoms with Crippen molar-refractivity contribution in [1.82, 2.24) is 0 Å². The number of azo groups is 1. The maximum atomic E-state index is 11.1. The first-order valence-corrected chi connectivity index (χ1v) is 7.47. The van der Waals surface area contributed by atoms with Crippen molar-refractivity contribution in [2.45, 2.75) is 6.54 Å². The fourth-order valence-electron chi connectivity index (χ4n) is 2.53. The number of phenolic OH excluding ortho intramolecular Hbond substituents is 1. The number of phenols is 1. The number of nitro benzene ring substituents is 2. The minimum absolute atomic E-state index is 0.00132. The molecule has 3 aromatic carbocycles. The molecule has 0 aromatic heterocycles. The van der Waals surface area contributed by atoms with Gasteiger partial charge in [0.25, 0.3) is 5.69 Å². The number of rotatable bonds is 5. The van der Waals surface area contributed by atoms with E-state index in [1.807, 2.05) is 24.3 Å². The van der Waals surface area contributed by atoms with Crippen molar-refractivity contribution in [2.24, 2.45) is 10.2 Å².